The minimum Gasteiger partial charge on any atom is -0.372 e. The molecule has 8 nitrogen and oxygen atoms in total. The Morgan fingerprint density at radius 1 is 1.38 bits per heavy atom. The van der Waals surface area contributed by atoms with Gasteiger partial charge in [-0.3, -0.25) is 9.78 Å². The molecular formula is C15H20N6O2S. The molecule has 1 aliphatic rings. The summed E-state index contributed by atoms with van der Waals surface area (Å²) < 4.78 is 7.04. The minimum absolute atomic E-state index is 0.0490. The summed E-state index contributed by atoms with van der Waals surface area (Å²) in [7, 11) is 0. The predicted molar refractivity (Wildman–Crippen MR) is 90.7 cm³/mol. The number of nitrogens with two attached hydrogens (primary N) is 1. The number of amides is 1. The molecule has 0 saturated carbocycles. The Balaban J connectivity index is 1.63. The van der Waals surface area contributed by atoms with Gasteiger partial charge in [-0.05, 0) is 26.0 Å². The van der Waals surface area contributed by atoms with Gasteiger partial charge in [0.2, 0.25) is 11.1 Å². The van der Waals surface area contributed by atoms with E-state index in [2.05, 4.69) is 15.2 Å². The first kappa shape index (κ1) is 16.7. The van der Waals surface area contributed by atoms with Gasteiger partial charge in [0.1, 0.15) is 0 Å². The van der Waals surface area contributed by atoms with Crippen molar-refractivity contribution in [1.29, 1.82) is 0 Å². The number of rotatable bonds is 4. The number of morpholine rings is 1. The molecule has 2 atom stereocenters. The average Bonchev–Trinajstić information content (AvgIpc) is 2.93. The second-order valence-electron chi connectivity index (χ2n) is 5.76. The number of carbonyl (C=O) groups excluding carboxylic acids is 1. The molecule has 1 amide bonds. The fourth-order valence-electron chi connectivity index (χ4n) is 2.67. The van der Waals surface area contributed by atoms with Crippen molar-refractivity contribution in [3.63, 3.8) is 0 Å². The monoisotopic (exact) mass is 348 g/mol. The van der Waals surface area contributed by atoms with Gasteiger partial charge in [0.25, 0.3) is 0 Å². The van der Waals surface area contributed by atoms with Gasteiger partial charge in [0, 0.05) is 31.0 Å². The Hall–Kier alpha value is -2.13. The van der Waals surface area contributed by atoms with Crippen molar-refractivity contribution in [3.05, 3.63) is 24.5 Å². The van der Waals surface area contributed by atoms with E-state index in [4.69, 9.17) is 10.6 Å². The lowest BCUT2D eigenvalue weighted by Crippen LogP contribution is -2.48. The molecule has 0 bridgehead atoms. The Labute approximate surface area is 144 Å². The molecule has 24 heavy (non-hydrogen) atoms. The zero-order chi connectivity index (χ0) is 17.1. The fourth-order valence-corrected chi connectivity index (χ4v) is 3.43. The normalized spacial score (nSPS) is 21.0. The van der Waals surface area contributed by atoms with Crippen molar-refractivity contribution < 1.29 is 9.53 Å². The lowest BCUT2D eigenvalue weighted by Gasteiger charge is -2.35. The van der Waals surface area contributed by atoms with Gasteiger partial charge in [-0.2, -0.15) is 0 Å². The first-order valence-electron chi connectivity index (χ1n) is 7.71. The smallest absolute Gasteiger partial charge is 0.233 e. The zero-order valence-corrected chi connectivity index (χ0v) is 14.4. The van der Waals surface area contributed by atoms with E-state index < -0.39 is 0 Å². The molecule has 1 saturated heterocycles. The van der Waals surface area contributed by atoms with Gasteiger partial charge in [-0.25, -0.2) is 4.68 Å². The molecule has 0 aromatic carbocycles. The van der Waals surface area contributed by atoms with E-state index in [9.17, 15) is 4.79 Å². The number of nitrogen functional groups attached to an aromatic ring is 1. The van der Waals surface area contributed by atoms with Crippen LogP contribution >= 0.6 is 11.8 Å². The maximum Gasteiger partial charge on any atom is 0.233 e. The predicted octanol–water partition coefficient (Wildman–Crippen LogP) is 0.782. The van der Waals surface area contributed by atoms with Crippen LogP contribution in [0.3, 0.4) is 0 Å². The van der Waals surface area contributed by atoms with Crippen LogP contribution in [0.2, 0.25) is 0 Å². The summed E-state index contributed by atoms with van der Waals surface area (Å²) in [6, 6.07) is 3.66. The third-order valence-corrected chi connectivity index (χ3v) is 4.61. The highest BCUT2D eigenvalue weighted by atomic mass is 32.2. The van der Waals surface area contributed by atoms with Crippen LogP contribution in [0.1, 0.15) is 13.8 Å². The van der Waals surface area contributed by atoms with Crippen molar-refractivity contribution in [2.24, 2.45) is 0 Å². The number of pyridine rings is 1. The Kier molecular flexibility index (Phi) is 5.00. The molecule has 2 aromatic heterocycles. The summed E-state index contributed by atoms with van der Waals surface area (Å²) in [6.45, 7) is 5.17. The van der Waals surface area contributed by atoms with Crippen LogP contribution in [0, 0.1) is 0 Å². The summed E-state index contributed by atoms with van der Waals surface area (Å²) in [6.07, 6.45) is 3.46. The van der Waals surface area contributed by atoms with Crippen LogP contribution in [-0.4, -0.2) is 61.7 Å². The van der Waals surface area contributed by atoms with Crippen molar-refractivity contribution in [3.8, 4) is 11.4 Å². The van der Waals surface area contributed by atoms with Gasteiger partial charge in [-0.15, -0.1) is 10.2 Å². The third kappa shape index (κ3) is 3.68. The number of carbonyl (C=O) groups is 1. The second kappa shape index (κ2) is 7.18. The highest BCUT2D eigenvalue weighted by molar-refractivity contribution is 7.99. The summed E-state index contributed by atoms with van der Waals surface area (Å²) in [5.41, 5.74) is 0.779. The van der Waals surface area contributed by atoms with Gasteiger partial charge in [0.15, 0.2) is 5.82 Å². The van der Waals surface area contributed by atoms with E-state index in [0.29, 0.717) is 24.1 Å². The highest BCUT2D eigenvalue weighted by Gasteiger charge is 2.26. The first-order valence-corrected chi connectivity index (χ1v) is 8.70. The second-order valence-corrected chi connectivity index (χ2v) is 6.71. The van der Waals surface area contributed by atoms with E-state index in [-0.39, 0.29) is 23.9 Å². The first-order chi connectivity index (χ1) is 11.5. The summed E-state index contributed by atoms with van der Waals surface area (Å²) in [4.78, 5) is 18.3. The molecule has 9 heteroatoms. The summed E-state index contributed by atoms with van der Waals surface area (Å²) >= 11 is 1.28. The van der Waals surface area contributed by atoms with Crippen LogP contribution in [-0.2, 0) is 9.53 Å². The standard InChI is InChI=1S/C15H20N6O2S/c1-10-7-20(8-11(2)23-10)13(22)9-24-15-19-18-14(21(15)16)12-4-3-5-17-6-12/h3-6,10-11H,7-9,16H2,1-2H3/t10-,11-/m1/s1. The van der Waals surface area contributed by atoms with Gasteiger partial charge in [-0.1, -0.05) is 11.8 Å². The Morgan fingerprint density at radius 3 is 2.79 bits per heavy atom. The maximum atomic E-state index is 12.4. The number of thioether (sulfide) groups is 1. The number of hydrogen-bond donors (Lipinski definition) is 1. The number of ether oxygens (including phenoxy) is 1. The van der Waals surface area contributed by atoms with E-state index in [1.165, 1.54) is 16.4 Å². The number of nitrogens with zero attached hydrogens (tertiary/aromatic N) is 5. The van der Waals surface area contributed by atoms with Crippen molar-refractivity contribution >= 4 is 17.7 Å². The molecule has 2 N–H and O–H groups in total. The molecule has 0 spiro atoms. The van der Waals surface area contributed by atoms with Crippen LogP contribution < -0.4 is 5.84 Å². The minimum atomic E-state index is 0.0490. The van der Waals surface area contributed by atoms with E-state index in [0.717, 1.165) is 5.56 Å². The topological polar surface area (TPSA) is 99.2 Å². The number of hydrogen-bond acceptors (Lipinski definition) is 7. The lowest BCUT2D eigenvalue weighted by molar-refractivity contribution is -0.140. The number of aromatic nitrogens is 4. The largest absolute Gasteiger partial charge is 0.372 e. The molecule has 3 heterocycles. The highest BCUT2D eigenvalue weighted by Crippen LogP contribution is 2.21. The maximum absolute atomic E-state index is 12.4. The quantitative estimate of drug-likeness (QED) is 0.644. The van der Waals surface area contributed by atoms with Crippen molar-refractivity contribution in [1.82, 2.24) is 24.8 Å². The van der Waals surface area contributed by atoms with Crippen molar-refractivity contribution in [2.75, 3.05) is 24.7 Å². The van der Waals surface area contributed by atoms with Gasteiger partial charge in [0.05, 0.1) is 18.0 Å². The molecule has 0 unspecified atom stereocenters. The SMILES string of the molecule is C[C@@H]1CN(C(=O)CSc2nnc(-c3cccnc3)n2N)C[C@@H](C)O1. The summed E-state index contributed by atoms with van der Waals surface area (Å²) in [5, 5.41) is 8.65. The van der Waals surface area contributed by atoms with Gasteiger partial charge >= 0.3 is 0 Å². The van der Waals surface area contributed by atoms with Gasteiger partial charge < -0.3 is 15.5 Å². The van der Waals surface area contributed by atoms with Crippen LogP contribution in [0.15, 0.2) is 29.7 Å². The van der Waals surface area contributed by atoms with Crippen LogP contribution in [0.25, 0.3) is 11.4 Å². The summed E-state index contributed by atoms with van der Waals surface area (Å²) in [5.74, 6) is 6.88. The van der Waals surface area contributed by atoms with E-state index in [1.807, 2.05) is 24.8 Å². The zero-order valence-electron chi connectivity index (χ0n) is 13.6. The molecule has 3 rings (SSSR count). The van der Waals surface area contributed by atoms with E-state index >= 15 is 0 Å². The Bertz CT molecular complexity index is 697. The van der Waals surface area contributed by atoms with Crippen LogP contribution in [0.4, 0.5) is 0 Å². The van der Waals surface area contributed by atoms with Crippen LogP contribution in [0.5, 0.6) is 0 Å². The molecule has 0 radical (unpaired) electrons. The van der Waals surface area contributed by atoms with E-state index in [1.54, 1.807) is 18.5 Å². The Morgan fingerprint density at radius 2 is 2.12 bits per heavy atom. The third-order valence-electron chi connectivity index (χ3n) is 3.68. The molecular weight excluding hydrogens is 328 g/mol. The molecule has 1 aliphatic heterocycles. The molecule has 0 aliphatic carbocycles. The molecule has 1 fully saturated rings. The molecule has 128 valence electrons. The fraction of sp³-hybridized carbons (Fsp3) is 0.467. The van der Waals surface area contributed by atoms with Crippen molar-refractivity contribution in [2.45, 2.75) is 31.2 Å². The average molecular weight is 348 g/mol. The lowest BCUT2D eigenvalue weighted by atomic mass is 10.2. The molecule has 2 aromatic rings.